The van der Waals surface area contributed by atoms with Gasteiger partial charge in [0.15, 0.2) is 23.0 Å². The van der Waals surface area contributed by atoms with Gasteiger partial charge in [-0.05, 0) is 83.9 Å². The van der Waals surface area contributed by atoms with Crippen LogP contribution in [0.15, 0.2) is 131 Å². The van der Waals surface area contributed by atoms with Gasteiger partial charge in [0.05, 0.1) is 56.2 Å². The van der Waals surface area contributed by atoms with E-state index in [1.165, 1.54) is 56.8 Å². The molecule has 8 rings (SSSR count). The molecule has 0 bridgehead atoms. The maximum Gasteiger partial charge on any atom is 0.534 e. The maximum atomic E-state index is 12.7. The number of rotatable bonds is 12. The molecule has 8 aromatic rings. The quantitative estimate of drug-likeness (QED) is 0.0714. The number of aromatic nitrogens is 6. The summed E-state index contributed by atoms with van der Waals surface area (Å²) in [6, 6.07) is 26.9. The second kappa shape index (κ2) is 21.1. The number of nitrogens with zero attached hydrogens (tertiary/aromatic N) is 4. The van der Waals surface area contributed by atoms with Gasteiger partial charge in [-0.1, -0.05) is 12.1 Å². The second-order valence-electron chi connectivity index (χ2n) is 13.6. The highest BCUT2D eigenvalue weighted by molar-refractivity contribution is 7.88. The first-order valence-electron chi connectivity index (χ1n) is 19.4. The van der Waals surface area contributed by atoms with E-state index in [0.717, 1.165) is 33.3 Å². The molecule has 0 aliphatic heterocycles. The lowest BCUT2D eigenvalue weighted by molar-refractivity contribution is -0.0500. The van der Waals surface area contributed by atoms with Gasteiger partial charge < -0.3 is 44.1 Å². The van der Waals surface area contributed by atoms with Crippen molar-refractivity contribution in [2.75, 3.05) is 33.8 Å². The molecule has 0 saturated heterocycles. The van der Waals surface area contributed by atoms with Gasteiger partial charge in [0.25, 0.3) is 0 Å². The predicted octanol–water partition coefficient (Wildman–Crippen LogP) is 6.99. The number of nitrogens with two attached hydrogens (primary N) is 1. The topological polar surface area (TPSA) is 236 Å². The van der Waals surface area contributed by atoms with E-state index in [4.69, 9.17) is 29.7 Å². The third-order valence-electron chi connectivity index (χ3n) is 9.39. The second-order valence-corrected chi connectivity index (χ2v) is 15.1. The summed E-state index contributed by atoms with van der Waals surface area (Å²) >= 11 is 0. The van der Waals surface area contributed by atoms with Gasteiger partial charge in [0, 0.05) is 66.5 Å². The molecule has 0 radical (unpaired) electrons. The third kappa shape index (κ3) is 11.6. The van der Waals surface area contributed by atoms with Crippen LogP contribution in [0.1, 0.15) is 11.1 Å². The molecule has 6 heterocycles. The average Bonchev–Trinajstić information content (AvgIpc) is 3.33. The molecule has 0 saturated carbocycles. The highest BCUT2D eigenvalue weighted by atomic mass is 32.2. The van der Waals surface area contributed by atoms with Crippen molar-refractivity contribution in [2.24, 2.45) is 5.73 Å². The number of ether oxygens (including phenoxy) is 4. The van der Waals surface area contributed by atoms with E-state index in [-0.39, 0.29) is 27.7 Å². The Morgan fingerprint density at radius 1 is 0.636 bits per heavy atom. The monoisotopic (exact) mass is 926 g/mol. The molecule has 17 nitrogen and oxygen atoms in total. The summed E-state index contributed by atoms with van der Waals surface area (Å²) in [4.78, 5) is 44.2. The van der Waals surface area contributed by atoms with Crippen molar-refractivity contribution >= 4 is 37.7 Å². The molecule has 0 aliphatic carbocycles. The number of hydrogen-bond donors (Lipinski definition) is 4. The van der Waals surface area contributed by atoms with Crippen molar-refractivity contribution in [3.8, 4) is 51.4 Å². The highest BCUT2D eigenvalue weighted by Crippen LogP contribution is 2.37. The fraction of sp³-hybridized carbons (Fsp3) is 0.156. The lowest BCUT2D eigenvalue weighted by atomic mass is 10.1. The number of benzene rings is 2. The van der Waals surface area contributed by atoms with Crippen LogP contribution in [0.4, 0.5) is 19.0 Å². The molecule has 0 fully saturated rings. The van der Waals surface area contributed by atoms with Crippen LogP contribution in [0, 0.1) is 0 Å². The molecule has 0 amide bonds. The Hall–Kier alpha value is -8.04. The number of anilines is 1. The largest absolute Gasteiger partial charge is 0.534 e. The van der Waals surface area contributed by atoms with Crippen LogP contribution in [0.2, 0.25) is 0 Å². The van der Waals surface area contributed by atoms with Crippen molar-refractivity contribution in [3.63, 3.8) is 0 Å². The fourth-order valence-corrected chi connectivity index (χ4v) is 6.49. The number of alkyl halides is 3. The van der Waals surface area contributed by atoms with Gasteiger partial charge in [-0.15, -0.1) is 0 Å². The van der Waals surface area contributed by atoms with E-state index < -0.39 is 21.5 Å². The van der Waals surface area contributed by atoms with Crippen LogP contribution in [0.3, 0.4) is 0 Å². The van der Waals surface area contributed by atoms with Gasteiger partial charge in [-0.3, -0.25) is 19.6 Å². The molecule has 2 aromatic carbocycles. The molecule has 5 N–H and O–H groups in total. The molecule has 21 heteroatoms. The molecule has 6 aromatic heterocycles. The van der Waals surface area contributed by atoms with Crippen LogP contribution in [0.25, 0.3) is 44.3 Å². The molecular formula is C45H41F3N8O9S. The van der Waals surface area contributed by atoms with Crippen LogP contribution in [-0.2, 0) is 23.2 Å². The molecule has 342 valence electrons. The first-order valence-corrected chi connectivity index (χ1v) is 20.8. The summed E-state index contributed by atoms with van der Waals surface area (Å²) in [7, 11) is 0.178. The smallest absolute Gasteiger partial charge is 0.493 e. The number of fused-ring (bicyclic) bond motifs is 2. The number of pyridine rings is 6. The molecule has 66 heavy (non-hydrogen) atoms. The minimum absolute atomic E-state index is 0.0135. The standard InChI is InChI=1S/C22H20N4O3.C17H13F3N2O5S.C6H8N2O/c1-28-19-7-6-15(10-20(19)29-2)17-11-18-16(4-3-9-23-18)22(26-17)25-13-14-5-8-21(27)24-12-14;1-25-14-6-5-10(8-15(14)26-2)12-9-13-11(4-3-7-21-13)16(22-12)27-28(23,24)17(18,19)20;7-3-5-1-2-6(9)8-4-5/h3-12H,13H2,1-2H3,(H,24,27)(H,25,26);3-9H,1-2H3;1-2,4H,3,7H2,(H,8,9). The van der Waals surface area contributed by atoms with E-state index in [2.05, 4.69) is 34.4 Å². The Morgan fingerprint density at radius 2 is 1.14 bits per heavy atom. The van der Waals surface area contributed by atoms with Crippen molar-refractivity contribution < 1.29 is 44.7 Å². The van der Waals surface area contributed by atoms with E-state index in [1.807, 2.05) is 36.4 Å². The molecule has 0 atom stereocenters. The van der Waals surface area contributed by atoms with Gasteiger partial charge in [0.2, 0.25) is 17.0 Å². The molecule has 0 aliphatic rings. The summed E-state index contributed by atoms with van der Waals surface area (Å²) in [5.41, 5.74) is 4.61. The summed E-state index contributed by atoms with van der Waals surface area (Å²) in [5, 5.41) is 4.29. The van der Waals surface area contributed by atoms with Crippen LogP contribution in [0.5, 0.6) is 28.9 Å². The lowest BCUT2D eigenvalue weighted by Gasteiger charge is -2.13. The van der Waals surface area contributed by atoms with Crippen LogP contribution < -0.4 is 45.3 Å². The first-order chi connectivity index (χ1) is 31.7. The minimum atomic E-state index is -5.90. The maximum absolute atomic E-state index is 12.7. The van der Waals surface area contributed by atoms with Crippen LogP contribution >= 0.6 is 0 Å². The molecular weight excluding hydrogens is 886 g/mol. The number of nitrogens with one attached hydrogen (secondary N) is 3. The van der Waals surface area contributed by atoms with E-state index in [0.29, 0.717) is 47.5 Å². The zero-order chi connectivity index (χ0) is 47.4. The Balaban J connectivity index is 0.000000184. The third-order valence-corrected chi connectivity index (χ3v) is 10.3. The number of aromatic amines is 2. The fourth-order valence-electron chi connectivity index (χ4n) is 6.06. The molecule has 0 unspecified atom stereocenters. The minimum Gasteiger partial charge on any atom is -0.493 e. The summed E-state index contributed by atoms with van der Waals surface area (Å²) in [6.07, 6.45) is 6.46. The Morgan fingerprint density at radius 3 is 1.62 bits per heavy atom. The SMILES string of the molecule is COc1ccc(-c2cc3ncccc3c(NCc3ccc(=O)[nH]c3)n2)cc1OC.COc1ccc(-c2cc3ncccc3c(OS(=O)(=O)C(F)(F)F)n2)cc1OC.NCc1ccc(=O)[nH]c1. The zero-order valence-corrected chi connectivity index (χ0v) is 36.4. The summed E-state index contributed by atoms with van der Waals surface area (Å²) in [5.74, 6) is 2.07. The number of hydrogen-bond acceptors (Lipinski definition) is 15. The van der Waals surface area contributed by atoms with Crippen molar-refractivity contribution in [2.45, 2.75) is 18.6 Å². The van der Waals surface area contributed by atoms with Gasteiger partial charge in [0.1, 0.15) is 5.82 Å². The van der Waals surface area contributed by atoms with Crippen molar-refractivity contribution in [1.82, 2.24) is 29.9 Å². The zero-order valence-electron chi connectivity index (χ0n) is 35.5. The summed E-state index contributed by atoms with van der Waals surface area (Å²) < 4.78 is 86.5. The summed E-state index contributed by atoms with van der Waals surface area (Å²) in [6.45, 7) is 0.986. The van der Waals surface area contributed by atoms with Gasteiger partial charge in [-0.25, -0.2) is 9.97 Å². The van der Waals surface area contributed by atoms with Gasteiger partial charge >= 0.3 is 15.6 Å². The van der Waals surface area contributed by atoms with E-state index in [9.17, 15) is 31.2 Å². The number of halogens is 3. The highest BCUT2D eigenvalue weighted by Gasteiger charge is 2.49. The van der Waals surface area contributed by atoms with Crippen molar-refractivity contribution in [3.05, 3.63) is 154 Å². The number of methoxy groups -OCH3 is 4. The molecule has 0 spiro atoms. The normalized spacial score (nSPS) is 11.1. The van der Waals surface area contributed by atoms with E-state index >= 15 is 0 Å². The average molecular weight is 927 g/mol. The Kier molecular flexibility index (Phi) is 15.2. The lowest BCUT2D eigenvalue weighted by Crippen LogP contribution is -2.28. The van der Waals surface area contributed by atoms with Gasteiger partial charge in [-0.2, -0.15) is 21.6 Å². The van der Waals surface area contributed by atoms with E-state index in [1.54, 1.807) is 57.1 Å². The number of H-pyrrole nitrogens is 2. The Bertz CT molecular complexity index is 3170. The first kappa shape index (κ1) is 47.4. The Labute approximate surface area is 374 Å². The van der Waals surface area contributed by atoms with Crippen molar-refractivity contribution in [1.29, 1.82) is 0 Å². The van der Waals surface area contributed by atoms with Crippen LogP contribution in [-0.4, -0.2) is 72.3 Å². The predicted molar refractivity (Wildman–Crippen MR) is 241 cm³/mol.